The van der Waals surface area contributed by atoms with E-state index in [0.29, 0.717) is 5.56 Å². The molecule has 7 heteroatoms. The van der Waals surface area contributed by atoms with Crippen LogP contribution in [0.2, 0.25) is 0 Å². The number of amides is 1. The highest BCUT2D eigenvalue weighted by Gasteiger charge is 2.27. The highest BCUT2D eigenvalue weighted by molar-refractivity contribution is 5.94. The largest absolute Gasteiger partial charge is 0.469 e. The number of methoxy groups -OCH3 is 1. The SMILES string of the molecule is COC(=O)[C@H]1CC[C@H](NC(=O)c2ccc(-c3nc4c([nH]3)CCN(C)C4)cc2)CC1. The number of aromatic nitrogens is 2. The summed E-state index contributed by atoms with van der Waals surface area (Å²) in [7, 11) is 3.53. The van der Waals surface area contributed by atoms with Crippen molar-refractivity contribution in [3.63, 3.8) is 0 Å². The van der Waals surface area contributed by atoms with Crippen LogP contribution >= 0.6 is 0 Å². The van der Waals surface area contributed by atoms with Gasteiger partial charge in [-0.1, -0.05) is 12.1 Å². The summed E-state index contributed by atoms with van der Waals surface area (Å²) in [4.78, 5) is 34.6. The van der Waals surface area contributed by atoms with E-state index in [9.17, 15) is 9.59 Å². The van der Waals surface area contributed by atoms with Gasteiger partial charge in [0.2, 0.25) is 0 Å². The summed E-state index contributed by atoms with van der Waals surface area (Å²) in [6, 6.07) is 7.68. The Hall–Kier alpha value is -2.67. The van der Waals surface area contributed by atoms with Gasteiger partial charge < -0.3 is 19.9 Å². The van der Waals surface area contributed by atoms with Gasteiger partial charge in [-0.15, -0.1) is 0 Å². The number of nitrogens with zero attached hydrogens (tertiary/aromatic N) is 2. The quantitative estimate of drug-likeness (QED) is 0.776. The van der Waals surface area contributed by atoms with Crippen molar-refractivity contribution in [1.82, 2.24) is 20.2 Å². The number of imidazole rings is 1. The molecule has 0 atom stereocenters. The highest BCUT2D eigenvalue weighted by Crippen LogP contribution is 2.26. The van der Waals surface area contributed by atoms with E-state index in [0.717, 1.165) is 62.3 Å². The standard InChI is InChI=1S/C22H28N4O3/c1-26-12-11-18-19(13-26)25-20(24-18)14-3-5-15(6-4-14)21(27)23-17-9-7-16(8-10-17)22(28)29-2/h3-6,16-17H,7-13H2,1-2H3,(H,23,27)(H,24,25)/t16-,17-. The van der Waals surface area contributed by atoms with E-state index in [1.807, 2.05) is 24.3 Å². The molecule has 7 nitrogen and oxygen atoms in total. The van der Waals surface area contributed by atoms with Crippen LogP contribution in [0.5, 0.6) is 0 Å². The number of carbonyl (C=O) groups is 2. The van der Waals surface area contributed by atoms with Crippen molar-refractivity contribution in [2.75, 3.05) is 20.7 Å². The maximum Gasteiger partial charge on any atom is 0.308 e. The maximum absolute atomic E-state index is 12.6. The summed E-state index contributed by atoms with van der Waals surface area (Å²) in [6.07, 6.45) is 4.10. The van der Waals surface area contributed by atoms with Crippen LogP contribution in [0.25, 0.3) is 11.4 Å². The fourth-order valence-corrected chi connectivity index (χ4v) is 4.25. The molecule has 1 saturated carbocycles. The lowest BCUT2D eigenvalue weighted by Crippen LogP contribution is -2.38. The Morgan fingerprint density at radius 2 is 1.90 bits per heavy atom. The van der Waals surface area contributed by atoms with Crippen molar-refractivity contribution in [3.8, 4) is 11.4 Å². The van der Waals surface area contributed by atoms with Crippen molar-refractivity contribution in [3.05, 3.63) is 41.2 Å². The number of likely N-dealkylation sites (N-methyl/N-ethyl adjacent to an activating group) is 1. The molecule has 0 unspecified atom stereocenters. The molecule has 0 bridgehead atoms. The molecule has 1 aliphatic carbocycles. The molecule has 2 aromatic rings. The predicted molar refractivity (Wildman–Crippen MR) is 109 cm³/mol. The van der Waals surface area contributed by atoms with Gasteiger partial charge in [0.25, 0.3) is 5.91 Å². The summed E-state index contributed by atoms with van der Waals surface area (Å²) in [6.45, 7) is 1.90. The monoisotopic (exact) mass is 396 g/mol. The minimum Gasteiger partial charge on any atom is -0.469 e. The van der Waals surface area contributed by atoms with Crippen LogP contribution < -0.4 is 5.32 Å². The molecule has 0 spiro atoms. The second kappa shape index (κ2) is 8.37. The fourth-order valence-electron chi connectivity index (χ4n) is 4.25. The zero-order chi connectivity index (χ0) is 20.4. The van der Waals surface area contributed by atoms with Gasteiger partial charge in [-0.3, -0.25) is 9.59 Å². The lowest BCUT2D eigenvalue weighted by molar-refractivity contribution is -0.146. The van der Waals surface area contributed by atoms with E-state index >= 15 is 0 Å². The second-order valence-electron chi connectivity index (χ2n) is 8.12. The van der Waals surface area contributed by atoms with Crippen LogP contribution in [0, 0.1) is 5.92 Å². The third-order valence-corrected chi connectivity index (χ3v) is 6.05. The summed E-state index contributed by atoms with van der Waals surface area (Å²) in [5.41, 5.74) is 3.94. The van der Waals surface area contributed by atoms with Crippen LogP contribution in [0.3, 0.4) is 0 Å². The van der Waals surface area contributed by atoms with Crippen molar-refractivity contribution >= 4 is 11.9 Å². The van der Waals surface area contributed by atoms with Crippen molar-refractivity contribution in [1.29, 1.82) is 0 Å². The normalized spacial score (nSPS) is 22.0. The first-order valence-electron chi connectivity index (χ1n) is 10.3. The number of hydrogen-bond donors (Lipinski definition) is 2. The summed E-state index contributed by atoms with van der Waals surface area (Å²) >= 11 is 0. The molecule has 2 N–H and O–H groups in total. The average Bonchev–Trinajstić information content (AvgIpc) is 3.17. The molecular formula is C22H28N4O3. The van der Waals surface area contributed by atoms with Crippen LogP contribution in [0.4, 0.5) is 0 Å². The molecule has 2 heterocycles. The number of fused-ring (bicyclic) bond motifs is 1. The minimum atomic E-state index is -0.142. The Morgan fingerprint density at radius 3 is 2.59 bits per heavy atom. The Kier molecular flexibility index (Phi) is 5.67. The van der Waals surface area contributed by atoms with Crippen molar-refractivity contribution in [2.45, 2.75) is 44.7 Å². The Labute approximate surface area is 170 Å². The van der Waals surface area contributed by atoms with Gasteiger partial charge >= 0.3 is 5.97 Å². The molecule has 4 rings (SSSR count). The molecule has 1 fully saturated rings. The molecule has 0 radical (unpaired) electrons. The maximum atomic E-state index is 12.6. The molecule has 1 aromatic heterocycles. The zero-order valence-corrected chi connectivity index (χ0v) is 17.0. The Morgan fingerprint density at radius 1 is 1.17 bits per heavy atom. The van der Waals surface area contributed by atoms with Gasteiger partial charge in [0, 0.05) is 42.4 Å². The minimum absolute atomic E-state index is 0.0358. The Balaban J connectivity index is 1.36. The van der Waals surface area contributed by atoms with Crippen LogP contribution in [0.15, 0.2) is 24.3 Å². The number of H-pyrrole nitrogens is 1. The molecule has 1 aliphatic heterocycles. The molecule has 154 valence electrons. The summed E-state index contributed by atoms with van der Waals surface area (Å²) < 4.78 is 4.82. The summed E-state index contributed by atoms with van der Waals surface area (Å²) in [5.74, 6) is 0.611. The van der Waals surface area contributed by atoms with Gasteiger partial charge in [0.15, 0.2) is 0 Å². The molecular weight excluding hydrogens is 368 g/mol. The van der Waals surface area contributed by atoms with Crippen molar-refractivity contribution in [2.24, 2.45) is 5.92 Å². The first-order valence-corrected chi connectivity index (χ1v) is 10.3. The lowest BCUT2D eigenvalue weighted by Gasteiger charge is -2.27. The number of ether oxygens (including phenoxy) is 1. The number of nitrogens with one attached hydrogen (secondary N) is 2. The van der Waals surface area contributed by atoms with Crippen LogP contribution in [-0.4, -0.2) is 53.5 Å². The number of carbonyl (C=O) groups excluding carboxylic acids is 2. The van der Waals surface area contributed by atoms with E-state index in [-0.39, 0.29) is 23.8 Å². The van der Waals surface area contributed by atoms with E-state index < -0.39 is 0 Å². The topological polar surface area (TPSA) is 87.3 Å². The first kappa shape index (κ1) is 19.6. The van der Waals surface area contributed by atoms with Crippen LogP contribution in [0.1, 0.15) is 47.4 Å². The predicted octanol–water partition coefficient (Wildman–Crippen LogP) is 2.53. The molecule has 0 saturated heterocycles. The van der Waals surface area contributed by atoms with E-state index in [2.05, 4.69) is 22.2 Å². The third kappa shape index (κ3) is 4.34. The fraction of sp³-hybridized carbons (Fsp3) is 0.500. The van der Waals surface area contributed by atoms with Gasteiger partial charge in [0.05, 0.1) is 18.7 Å². The number of aromatic amines is 1. The van der Waals surface area contributed by atoms with Gasteiger partial charge in [0.1, 0.15) is 5.82 Å². The smallest absolute Gasteiger partial charge is 0.308 e. The van der Waals surface area contributed by atoms with E-state index in [4.69, 9.17) is 9.72 Å². The number of benzene rings is 1. The number of hydrogen-bond acceptors (Lipinski definition) is 5. The number of esters is 1. The van der Waals surface area contributed by atoms with Crippen molar-refractivity contribution < 1.29 is 14.3 Å². The molecule has 1 aromatic carbocycles. The highest BCUT2D eigenvalue weighted by atomic mass is 16.5. The van der Waals surface area contributed by atoms with Gasteiger partial charge in [-0.2, -0.15) is 0 Å². The van der Waals surface area contributed by atoms with Crippen LogP contribution in [-0.2, 0) is 22.5 Å². The second-order valence-corrected chi connectivity index (χ2v) is 8.12. The van der Waals surface area contributed by atoms with Gasteiger partial charge in [-0.05, 0) is 44.9 Å². The van der Waals surface area contributed by atoms with E-state index in [1.54, 1.807) is 0 Å². The lowest BCUT2D eigenvalue weighted by atomic mass is 9.86. The molecule has 2 aliphatic rings. The molecule has 1 amide bonds. The third-order valence-electron chi connectivity index (χ3n) is 6.05. The van der Waals surface area contributed by atoms with E-state index in [1.165, 1.54) is 12.8 Å². The molecule has 29 heavy (non-hydrogen) atoms. The zero-order valence-electron chi connectivity index (χ0n) is 17.0. The Bertz CT molecular complexity index is 882. The number of rotatable bonds is 4. The summed E-state index contributed by atoms with van der Waals surface area (Å²) in [5, 5.41) is 3.10. The average molecular weight is 396 g/mol. The van der Waals surface area contributed by atoms with Gasteiger partial charge in [-0.25, -0.2) is 4.98 Å². The first-order chi connectivity index (χ1) is 14.0.